The van der Waals surface area contributed by atoms with E-state index in [-0.39, 0.29) is 23.7 Å². The molecule has 1 aromatic heterocycles. The van der Waals surface area contributed by atoms with E-state index in [1.54, 1.807) is 0 Å². The van der Waals surface area contributed by atoms with Crippen LogP contribution in [0.2, 0.25) is 5.02 Å². The summed E-state index contributed by atoms with van der Waals surface area (Å²) in [6.45, 7) is 3.73. The van der Waals surface area contributed by atoms with Crippen LogP contribution in [0.5, 0.6) is 0 Å². The van der Waals surface area contributed by atoms with E-state index >= 15 is 0 Å². The quantitative estimate of drug-likeness (QED) is 0.799. The molecule has 2 N–H and O–H groups in total. The van der Waals surface area contributed by atoms with Crippen molar-refractivity contribution in [2.24, 2.45) is 0 Å². The van der Waals surface area contributed by atoms with Crippen molar-refractivity contribution in [2.45, 2.75) is 6.18 Å². The number of nitrogens with one attached hydrogen (secondary N) is 2. The van der Waals surface area contributed by atoms with Crippen LogP contribution < -0.4 is 10.6 Å². The first-order valence-electron chi connectivity index (χ1n) is 6.66. The highest BCUT2D eigenvalue weighted by atomic mass is 35.5. The molecule has 0 unspecified atom stereocenters. The number of rotatable bonds is 5. The van der Waals surface area contributed by atoms with Gasteiger partial charge in [0.15, 0.2) is 0 Å². The molecule has 0 fully saturated rings. The van der Waals surface area contributed by atoms with Gasteiger partial charge in [0.05, 0.1) is 10.6 Å². The Hall–Kier alpha value is -2.61. The van der Waals surface area contributed by atoms with E-state index in [4.69, 9.17) is 11.6 Å². The Bertz CT molecular complexity index is 765. The van der Waals surface area contributed by atoms with Gasteiger partial charge in [0.2, 0.25) is 0 Å². The largest absolute Gasteiger partial charge is 0.417 e. The minimum Gasteiger partial charge on any atom is -0.347 e. The predicted octanol–water partition coefficient (Wildman–Crippen LogP) is 3.81. The molecule has 0 saturated heterocycles. The number of amides is 1. The molecular weight excluding hydrogens is 345 g/mol. The van der Waals surface area contributed by atoms with Crippen LogP contribution in [0.3, 0.4) is 0 Å². The van der Waals surface area contributed by atoms with Crippen molar-refractivity contribution in [2.75, 3.05) is 11.9 Å². The van der Waals surface area contributed by atoms with E-state index in [0.717, 1.165) is 18.5 Å². The van der Waals surface area contributed by atoms with Gasteiger partial charge in [-0.25, -0.2) is 9.97 Å². The first-order chi connectivity index (χ1) is 11.3. The van der Waals surface area contributed by atoms with Crippen molar-refractivity contribution in [3.63, 3.8) is 0 Å². The van der Waals surface area contributed by atoms with E-state index in [1.165, 1.54) is 18.2 Å². The number of hydrogen-bond acceptors (Lipinski definition) is 4. The zero-order chi connectivity index (χ0) is 17.7. The van der Waals surface area contributed by atoms with Crippen molar-refractivity contribution < 1.29 is 18.0 Å². The number of carbonyl (C=O) groups excluding carboxylic acids is 1. The summed E-state index contributed by atoms with van der Waals surface area (Å²) in [5.74, 6) is -0.281. The van der Waals surface area contributed by atoms with Gasteiger partial charge in [-0.3, -0.25) is 4.79 Å². The minimum atomic E-state index is -4.57. The average Bonchev–Trinajstić information content (AvgIpc) is 2.53. The third-order valence-corrected chi connectivity index (χ3v) is 3.18. The fraction of sp³-hybridized carbons (Fsp3) is 0.133. The maximum absolute atomic E-state index is 12.9. The van der Waals surface area contributed by atoms with Gasteiger partial charge < -0.3 is 10.6 Å². The summed E-state index contributed by atoms with van der Waals surface area (Å²) in [5.41, 5.74) is -0.769. The lowest BCUT2D eigenvalue weighted by atomic mass is 10.2. The lowest BCUT2D eigenvalue weighted by Gasteiger charge is -2.12. The molecule has 1 amide bonds. The van der Waals surface area contributed by atoms with Crippen molar-refractivity contribution in [3.05, 3.63) is 59.5 Å². The molecule has 5 nitrogen and oxygen atoms in total. The van der Waals surface area contributed by atoms with Crippen LogP contribution in [0.1, 0.15) is 16.1 Å². The molecule has 1 aromatic carbocycles. The fourth-order valence-electron chi connectivity index (χ4n) is 1.77. The number of alkyl halides is 3. The van der Waals surface area contributed by atoms with Crippen LogP contribution in [-0.4, -0.2) is 22.4 Å². The third kappa shape index (κ3) is 4.45. The highest BCUT2D eigenvalue weighted by Crippen LogP contribution is 2.36. The summed E-state index contributed by atoms with van der Waals surface area (Å²) in [6, 6.07) is 4.69. The van der Waals surface area contributed by atoms with E-state index < -0.39 is 22.7 Å². The minimum absolute atomic E-state index is 0.0689. The molecule has 126 valence electrons. The van der Waals surface area contributed by atoms with Crippen LogP contribution in [0, 0.1) is 0 Å². The predicted molar refractivity (Wildman–Crippen MR) is 84.3 cm³/mol. The summed E-state index contributed by atoms with van der Waals surface area (Å²) >= 11 is 5.56. The van der Waals surface area contributed by atoms with Crippen molar-refractivity contribution >= 4 is 29.0 Å². The van der Waals surface area contributed by atoms with Crippen LogP contribution >= 0.6 is 11.6 Å². The van der Waals surface area contributed by atoms with Crippen LogP contribution in [0.4, 0.5) is 24.7 Å². The van der Waals surface area contributed by atoms with Gasteiger partial charge in [-0.05, 0) is 18.2 Å². The maximum atomic E-state index is 12.9. The highest BCUT2D eigenvalue weighted by Gasteiger charge is 2.33. The summed E-state index contributed by atoms with van der Waals surface area (Å²) in [4.78, 5) is 19.5. The number of halogens is 4. The Labute approximate surface area is 140 Å². The second kappa shape index (κ2) is 7.31. The molecular formula is C15H12ClF3N4O. The van der Waals surface area contributed by atoms with E-state index in [0.29, 0.717) is 0 Å². The third-order valence-electron chi connectivity index (χ3n) is 2.85. The maximum Gasteiger partial charge on any atom is 0.417 e. The second-order valence-electron chi connectivity index (χ2n) is 4.60. The van der Waals surface area contributed by atoms with E-state index in [2.05, 4.69) is 27.2 Å². The van der Waals surface area contributed by atoms with Gasteiger partial charge in [-0.2, -0.15) is 13.2 Å². The first-order valence-corrected chi connectivity index (χ1v) is 7.04. The van der Waals surface area contributed by atoms with Gasteiger partial charge in [0.1, 0.15) is 17.8 Å². The molecule has 0 bridgehead atoms. The molecule has 0 saturated carbocycles. The normalized spacial score (nSPS) is 11.0. The lowest BCUT2D eigenvalue weighted by molar-refractivity contribution is -0.137. The van der Waals surface area contributed by atoms with Crippen LogP contribution in [0.25, 0.3) is 0 Å². The molecule has 0 spiro atoms. The summed E-state index contributed by atoms with van der Waals surface area (Å²) in [6.07, 6.45) is -1.94. The molecule has 0 aliphatic heterocycles. The van der Waals surface area contributed by atoms with E-state index in [9.17, 15) is 18.0 Å². The number of aromatic nitrogens is 2. The monoisotopic (exact) mass is 356 g/mol. The molecule has 2 rings (SSSR count). The summed E-state index contributed by atoms with van der Waals surface area (Å²) in [5, 5.41) is 4.82. The Balaban J connectivity index is 2.23. The fourth-order valence-corrected chi connectivity index (χ4v) is 2.00. The number of carbonyl (C=O) groups is 1. The van der Waals surface area contributed by atoms with Crippen molar-refractivity contribution in [1.82, 2.24) is 15.3 Å². The van der Waals surface area contributed by atoms with Gasteiger partial charge in [0.25, 0.3) is 5.91 Å². The zero-order valence-corrected chi connectivity index (χ0v) is 12.9. The number of benzene rings is 1. The molecule has 0 aliphatic carbocycles. The first kappa shape index (κ1) is 17.7. The van der Waals surface area contributed by atoms with E-state index in [1.807, 2.05) is 0 Å². The van der Waals surface area contributed by atoms with Gasteiger partial charge in [0, 0.05) is 18.3 Å². The number of anilines is 2. The molecule has 2 aromatic rings. The zero-order valence-electron chi connectivity index (χ0n) is 12.2. The molecule has 0 aliphatic rings. The molecule has 24 heavy (non-hydrogen) atoms. The highest BCUT2D eigenvalue weighted by molar-refractivity contribution is 6.31. The molecule has 0 radical (unpaired) electrons. The Morgan fingerprint density at radius 2 is 2.04 bits per heavy atom. The molecule has 0 atom stereocenters. The standard InChI is InChI=1S/C15H12ClF3N4O/c1-2-5-20-14(24)12-7-13(22-8-21-12)23-9-3-4-11(16)10(6-9)15(17,18)19/h2-4,6-8H,1,5H2,(H,20,24)(H,21,22,23). The Morgan fingerprint density at radius 1 is 1.29 bits per heavy atom. The Kier molecular flexibility index (Phi) is 5.40. The van der Waals surface area contributed by atoms with Crippen molar-refractivity contribution in [1.29, 1.82) is 0 Å². The average molecular weight is 357 g/mol. The topological polar surface area (TPSA) is 66.9 Å². The number of nitrogens with zero attached hydrogens (tertiary/aromatic N) is 2. The Morgan fingerprint density at radius 3 is 2.71 bits per heavy atom. The second-order valence-corrected chi connectivity index (χ2v) is 5.01. The van der Waals surface area contributed by atoms with Gasteiger partial charge in [-0.1, -0.05) is 17.7 Å². The van der Waals surface area contributed by atoms with Gasteiger partial charge in [-0.15, -0.1) is 6.58 Å². The van der Waals surface area contributed by atoms with Crippen LogP contribution in [-0.2, 0) is 6.18 Å². The summed E-state index contributed by atoms with van der Waals surface area (Å²) < 4.78 is 38.6. The lowest BCUT2D eigenvalue weighted by Crippen LogP contribution is -2.24. The summed E-state index contributed by atoms with van der Waals surface area (Å²) in [7, 11) is 0. The number of hydrogen-bond donors (Lipinski definition) is 2. The van der Waals surface area contributed by atoms with Gasteiger partial charge >= 0.3 is 6.18 Å². The molecule has 9 heteroatoms. The SMILES string of the molecule is C=CCNC(=O)c1cc(Nc2ccc(Cl)c(C(F)(F)F)c2)ncn1. The van der Waals surface area contributed by atoms with Crippen LogP contribution in [0.15, 0.2) is 43.2 Å². The smallest absolute Gasteiger partial charge is 0.347 e. The molecule has 1 heterocycles. The van der Waals surface area contributed by atoms with Crippen molar-refractivity contribution in [3.8, 4) is 0 Å².